The third-order valence-electron chi connectivity index (χ3n) is 2.34. The van der Waals surface area contributed by atoms with Crippen LogP contribution in [-0.4, -0.2) is 36.5 Å². The SMILES string of the molecule is C=C(S/C=C\C)C(=O)NC1COC(=O)C1NC(C)=O.CC. The summed E-state index contributed by atoms with van der Waals surface area (Å²) in [7, 11) is 0. The highest BCUT2D eigenvalue weighted by Crippen LogP contribution is 2.16. The normalized spacial score (nSPS) is 20.3. The molecule has 0 aromatic heterocycles. The Morgan fingerprint density at radius 2 is 2.00 bits per heavy atom. The van der Waals surface area contributed by atoms with E-state index < -0.39 is 18.1 Å². The molecule has 2 atom stereocenters. The molecule has 1 heterocycles. The quantitative estimate of drug-likeness (QED) is 0.591. The molecule has 7 heteroatoms. The van der Waals surface area contributed by atoms with E-state index in [-0.39, 0.29) is 18.4 Å². The van der Waals surface area contributed by atoms with Gasteiger partial charge in [-0.05, 0) is 12.3 Å². The summed E-state index contributed by atoms with van der Waals surface area (Å²) in [6.07, 6.45) is 1.78. The van der Waals surface area contributed by atoms with Crippen LogP contribution in [0.3, 0.4) is 0 Å². The minimum Gasteiger partial charge on any atom is -0.462 e. The number of nitrogens with one attached hydrogen (secondary N) is 2. The van der Waals surface area contributed by atoms with E-state index in [1.54, 1.807) is 11.5 Å². The molecule has 2 N–H and O–H groups in total. The predicted octanol–water partition coefficient (Wildman–Crippen LogP) is 1.34. The van der Waals surface area contributed by atoms with Crippen LogP contribution in [0.15, 0.2) is 23.0 Å². The van der Waals surface area contributed by atoms with Crippen LogP contribution in [0.1, 0.15) is 27.7 Å². The van der Waals surface area contributed by atoms with E-state index >= 15 is 0 Å². The lowest BCUT2D eigenvalue weighted by atomic mass is 10.1. The van der Waals surface area contributed by atoms with Gasteiger partial charge < -0.3 is 15.4 Å². The zero-order valence-corrected chi connectivity index (χ0v) is 13.6. The van der Waals surface area contributed by atoms with Crippen LogP contribution in [0.5, 0.6) is 0 Å². The lowest BCUT2D eigenvalue weighted by Gasteiger charge is -2.17. The van der Waals surface area contributed by atoms with Crippen molar-refractivity contribution in [2.45, 2.75) is 39.8 Å². The van der Waals surface area contributed by atoms with Crippen molar-refractivity contribution in [1.29, 1.82) is 0 Å². The second-order valence-corrected chi connectivity index (χ2v) is 4.90. The van der Waals surface area contributed by atoms with Crippen molar-refractivity contribution in [3.05, 3.63) is 23.0 Å². The first-order chi connectivity index (χ1) is 9.95. The molecule has 1 aliphatic heterocycles. The zero-order valence-electron chi connectivity index (χ0n) is 12.8. The van der Waals surface area contributed by atoms with Crippen LogP contribution < -0.4 is 10.6 Å². The number of ether oxygens (including phenoxy) is 1. The smallest absolute Gasteiger partial charge is 0.331 e. The first kappa shape index (κ1) is 19.2. The predicted molar refractivity (Wildman–Crippen MR) is 83.4 cm³/mol. The summed E-state index contributed by atoms with van der Waals surface area (Å²) in [5, 5.41) is 6.80. The van der Waals surface area contributed by atoms with Crippen molar-refractivity contribution in [2.24, 2.45) is 0 Å². The first-order valence-corrected chi connectivity index (χ1v) is 7.55. The number of rotatable bonds is 5. The minimum absolute atomic E-state index is 0.0388. The summed E-state index contributed by atoms with van der Waals surface area (Å²) in [5.74, 6) is -1.29. The highest BCUT2D eigenvalue weighted by atomic mass is 32.2. The van der Waals surface area contributed by atoms with E-state index in [9.17, 15) is 14.4 Å². The highest BCUT2D eigenvalue weighted by Gasteiger charge is 2.38. The Kier molecular flexibility index (Phi) is 9.20. The molecule has 1 rings (SSSR count). The lowest BCUT2D eigenvalue weighted by Crippen LogP contribution is -2.52. The minimum atomic E-state index is -0.846. The molecule has 0 bridgehead atoms. The van der Waals surface area contributed by atoms with Crippen molar-refractivity contribution in [2.75, 3.05) is 6.61 Å². The van der Waals surface area contributed by atoms with E-state index in [0.29, 0.717) is 4.91 Å². The number of cyclic esters (lactones) is 1. The van der Waals surface area contributed by atoms with Gasteiger partial charge in [-0.15, -0.1) is 0 Å². The Labute approximate surface area is 129 Å². The zero-order chi connectivity index (χ0) is 16.4. The fourth-order valence-corrected chi connectivity index (χ4v) is 1.94. The maximum Gasteiger partial charge on any atom is 0.331 e. The topological polar surface area (TPSA) is 84.5 Å². The van der Waals surface area contributed by atoms with Gasteiger partial charge in [0.25, 0.3) is 5.91 Å². The van der Waals surface area contributed by atoms with Gasteiger partial charge in [0.2, 0.25) is 5.91 Å². The number of carbonyl (C=O) groups excluding carboxylic acids is 3. The molecule has 0 spiro atoms. The van der Waals surface area contributed by atoms with Gasteiger partial charge in [0.15, 0.2) is 6.04 Å². The Bertz CT molecular complexity index is 435. The van der Waals surface area contributed by atoms with E-state index in [2.05, 4.69) is 17.2 Å². The van der Waals surface area contributed by atoms with Crippen LogP contribution in [0.4, 0.5) is 0 Å². The molecule has 2 unspecified atom stereocenters. The third kappa shape index (κ3) is 6.48. The molecule has 2 amide bonds. The Morgan fingerprint density at radius 1 is 1.38 bits per heavy atom. The Morgan fingerprint density at radius 3 is 2.52 bits per heavy atom. The van der Waals surface area contributed by atoms with E-state index in [1.807, 2.05) is 20.8 Å². The maximum absolute atomic E-state index is 11.8. The molecule has 0 aromatic carbocycles. The van der Waals surface area contributed by atoms with E-state index in [4.69, 9.17) is 4.74 Å². The second kappa shape index (κ2) is 10.0. The fraction of sp³-hybridized carbons (Fsp3) is 0.500. The summed E-state index contributed by atoms with van der Waals surface area (Å²) >= 11 is 1.18. The summed E-state index contributed by atoms with van der Waals surface area (Å²) in [6.45, 7) is 10.8. The van der Waals surface area contributed by atoms with Gasteiger partial charge in [0.1, 0.15) is 6.61 Å². The summed E-state index contributed by atoms with van der Waals surface area (Å²) in [4.78, 5) is 34.5. The fourth-order valence-electron chi connectivity index (χ4n) is 1.48. The molecule has 0 saturated carbocycles. The highest BCUT2D eigenvalue weighted by molar-refractivity contribution is 8.06. The molecular formula is C14H22N2O4S. The largest absolute Gasteiger partial charge is 0.462 e. The molecule has 0 radical (unpaired) electrons. The van der Waals surface area contributed by atoms with Crippen molar-refractivity contribution in [1.82, 2.24) is 10.6 Å². The van der Waals surface area contributed by atoms with Crippen molar-refractivity contribution in [3.8, 4) is 0 Å². The van der Waals surface area contributed by atoms with Gasteiger partial charge in [-0.3, -0.25) is 9.59 Å². The Hall–Kier alpha value is -1.76. The third-order valence-corrected chi connectivity index (χ3v) is 3.21. The number of carbonyl (C=O) groups is 3. The second-order valence-electron chi connectivity index (χ2n) is 3.90. The Balaban J connectivity index is 0.00000191. The lowest BCUT2D eigenvalue weighted by molar-refractivity contribution is -0.141. The molecule has 0 aliphatic carbocycles. The summed E-state index contributed by atoms with van der Waals surface area (Å²) in [5.41, 5.74) is 0. The average Bonchev–Trinajstić information content (AvgIpc) is 2.79. The number of hydrogen-bond acceptors (Lipinski definition) is 5. The van der Waals surface area contributed by atoms with Crippen molar-refractivity contribution < 1.29 is 19.1 Å². The van der Waals surface area contributed by atoms with Gasteiger partial charge in [-0.2, -0.15) is 0 Å². The van der Waals surface area contributed by atoms with Crippen LogP contribution in [0, 0.1) is 0 Å². The van der Waals surface area contributed by atoms with Gasteiger partial charge >= 0.3 is 5.97 Å². The number of hydrogen-bond donors (Lipinski definition) is 2. The number of thioether (sulfide) groups is 1. The molecule has 1 fully saturated rings. The molecule has 1 saturated heterocycles. The van der Waals surface area contributed by atoms with Gasteiger partial charge in [0, 0.05) is 6.92 Å². The van der Waals surface area contributed by atoms with Crippen LogP contribution in [0.2, 0.25) is 0 Å². The first-order valence-electron chi connectivity index (χ1n) is 6.67. The molecule has 0 aromatic rings. The molecular weight excluding hydrogens is 292 g/mol. The van der Waals surface area contributed by atoms with E-state index in [0.717, 1.165) is 0 Å². The van der Waals surface area contributed by atoms with Gasteiger partial charge in [-0.25, -0.2) is 4.79 Å². The number of allylic oxidation sites excluding steroid dienone is 1. The molecule has 1 aliphatic rings. The van der Waals surface area contributed by atoms with Crippen LogP contribution in [0.25, 0.3) is 0 Å². The van der Waals surface area contributed by atoms with Crippen molar-refractivity contribution >= 4 is 29.5 Å². The monoisotopic (exact) mass is 314 g/mol. The maximum atomic E-state index is 11.8. The molecule has 21 heavy (non-hydrogen) atoms. The van der Waals surface area contributed by atoms with Crippen molar-refractivity contribution in [3.63, 3.8) is 0 Å². The van der Waals surface area contributed by atoms with Crippen LogP contribution >= 0.6 is 11.8 Å². The van der Waals surface area contributed by atoms with Gasteiger partial charge in [0.05, 0.1) is 10.9 Å². The average molecular weight is 314 g/mol. The molecule has 6 nitrogen and oxygen atoms in total. The number of amides is 2. The standard InChI is InChI=1S/C12H16N2O4S.C2H6/c1-4-5-19-7(2)11(16)14-9-6-18-12(17)10(9)13-8(3)15;1-2/h4-5,9-10H,2,6H2,1,3H3,(H,13,15)(H,14,16);1-2H3/b5-4-;. The van der Waals surface area contributed by atoms with Crippen LogP contribution in [-0.2, 0) is 19.1 Å². The summed E-state index contributed by atoms with van der Waals surface area (Å²) in [6, 6.07) is -1.42. The molecule has 118 valence electrons. The number of esters is 1. The van der Waals surface area contributed by atoms with E-state index in [1.165, 1.54) is 18.7 Å². The van der Waals surface area contributed by atoms with Gasteiger partial charge in [-0.1, -0.05) is 38.3 Å². The summed E-state index contributed by atoms with van der Waals surface area (Å²) < 4.78 is 4.82.